The van der Waals surface area contributed by atoms with Gasteiger partial charge in [-0.2, -0.15) is 0 Å². The van der Waals surface area contributed by atoms with Gasteiger partial charge in [-0.05, 0) is 49.2 Å². The van der Waals surface area contributed by atoms with Crippen molar-refractivity contribution >= 4 is 21.4 Å². The van der Waals surface area contributed by atoms with Crippen molar-refractivity contribution in [2.24, 2.45) is 5.92 Å². The first-order chi connectivity index (χ1) is 13.3. The van der Waals surface area contributed by atoms with Gasteiger partial charge < -0.3 is 9.47 Å². The van der Waals surface area contributed by atoms with E-state index in [1.54, 1.807) is 0 Å². The number of ether oxygens (including phenoxy) is 2. The number of fused-ring (bicyclic) bond motifs is 3. The third kappa shape index (κ3) is 2.67. The third-order valence-corrected chi connectivity index (χ3v) is 8.56. The van der Waals surface area contributed by atoms with Crippen LogP contribution in [0.15, 0.2) is 41.3 Å². The molecule has 0 bridgehead atoms. The normalized spacial score (nSPS) is 26.9. The number of benzene rings is 2. The molecule has 0 unspecified atom stereocenters. The molecule has 4 nitrogen and oxygen atoms in total. The van der Waals surface area contributed by atoms with Crippen molar-refractivity contribution in [3.05, 3.63) is 58.6 Å². The Balaban J connectivity index is 2.04. The second-order valence-corrected chi connectivity index (χ2v) is 9.71. The Morgan fingerprint density at radius 3 is 2.50 bits per heavy atom. The molecule has 2 heterocycles. The maximum atomic E-state index is 15.0. The van der Waals surface area contributed by atoms with Gasteiger partial charge in [-0.1, -0.05) is 18.5 Å². The molecule has 8 heteroatoms. The summed E-state index contributed by atoms with van der Waals surface area (Å²) in [7, 11) is -4.12. The van der Waals surface area contributed by atoms with Gasteiger partial charge in [-0.3, -0.25) is 0 Å². The van der Waals surface area contributed by atoms with E-state index in [1.165, 1.54) is 24.3 Å². The van der Waals surface area contributed by atoms with Crippen LogP contribution in [0.4, 0.5) is 8.78 Å². The van der Waals surface area contributed by atoms with Gasteiger partial charge in [0.05, 0.1) is 23.2 Å². The molecule has 1 saturated heterocycles. The molecule has 0 aliphatic carbocycles. The summed E-state index contributed by atoms with van der Waals surface area (Å²) in [6.07, 6.45) is 0.0836. The lowest BCUT2D eigenvalue weighted by molar-refractivity contribution is -0.0736. The van der Waals surface area contributed by atoms with Crippen LogP contribution >= 0.6 is 11.6 Å². The Bertz CT molecular complexity index is 1010. The average molecular weight is 429 g/mol. The summed E-state index contributed by atoms with van der Waals surface area (Å²) < 4.78 is 66.9. The Morgan fingerprint density at radius 1 is 1.14 bits per heavy atom. The SMILES string of the molecule is CC[C@@H]1OCC[C@@]2(S(=O)(=O)c3ccc(Cl)cc3)c3c(F)ccc(F)c3OC[C@@H]12. The van der Waals surface area contributed by atoms with Crippen LogP contribution in [0, 0.1) is 17.6 Å². The summed E-state index contributed by atoms with van der Waals surface area (Å²) in [5.74, 6) is -2.57. The summed E-state index contributed by atoms with van der Waals surface area (Å²) in [5, 5.41) is 0.385. The van der Waals surface area contributed by atoms with Crippen molar-refractivity contribution in [3.63, 3.8) is 0 Å². The summed E-state index contributed by atoms with van der Waals surface area (Å²) in [4.78, 5) is 0.00941. The number of hydrogen-bond acceptors (Lipinski definition) is 4. The minimum Gasteiger partial charge on any atom is -0.490 e. The fourth-order valence-electron chi connectivity index (χ4n) is 4.45. The van der Waals surface area contributed by atoms with Gasteiger partial charge in [0.1, 0.15) is 10.6 Å². The molecule has 150 valence electrons. The maximum Gasteiger partial charge on any atom is 0.189 e. The van der Waals surface area contributed by atoms with E-state index in [2.05, 4.69) is 0 Å². The predicted octanol–water partition coefficient (Wildman–Crippen LogP) is 4.49. The monoisotopic (exact) mass is 428 g/mol. The fraction of sp³-hybridized carbons (Fsp3) is 0.400. The van der Waals surface area contributed by atoms with Crippen LogP contribution in [0.5, 0.6) is 5.75 Å². The standard InChI is InChI=1S/C20H19ClF2O4S/c1-2-17-14-11-27-19-16(23)8-7-15(22)18(19)20(14,9-10-26-17)28(24,25)13-5-3-12(21)4-6-13/h3-8,14,17H,2,9-11H2,1H3/t14-,17-,20-/m0/s1. The quantitative estimate of drug-likeness (QED) is 0.722. The van der Waals surface area contributed by atoms with Gasteiger partial charge in [0.2, 0.25) is 0 Å². The van der Waals surface area contributed by atoms with Crippen molar-refractivity contribution in [2.45, 2.75) is 35.5 Å². The predicted molar refractivity (Wildman–Crippen MR) is 100 cm³/mol. The van der Waals surface area contributed by atoms with E-state index in [1.807, 2.05) is 6.92 Å². The molecule has 2 aliphatic heterocycles. The van der Waals surface area contributed by atoms with Gasteiger partial charge in [-0.25, -0.2) is 17.2 Å². The molecule has 28 heavy (non-hydrogen) atoms. The van der Waals surface area contributed by atoms with Crippen LogP contribution in [-0.2, 0) is 19.3 Å². The van der Waals surface area contributed by atoms with Crippen LogP contribution in [0.1, 0.15) is 25.3 Å². The van der Waals surface area contributed by atoms with E-state index < -0.39 is 38.2 Å². The number of rotatable bonds is 3. The van der Waals surface area contributed by atoms with Gasteiger partial charge in [-0.15, -0.1) is 0 Å². The summed E-state index contributed by atoms with van der Waals surface area (Å²) in [6.45, 7) is 1.92. The molecular weight excluding hydrogens is 410 g/mol. The first-order valence-electron chi connectivity index (χ1n) is 9.06. The molecule has 0 radical (unpaired) electrons. The molecule has 2 aromatic carbocycles. The molecule has 3 atom stereocenters. The second-order valence-electron chi connectivity index (χ2n) is 7.07. The van der Waals surface area contributed by atoms with Gasteiger partial charge in [0.25, 0.3) is 0 Å². The lowest BCUT2D eigenvalue weighted by atomic mass is 9.75. The number of hydrogen-bond donors (Lipinski definition) is 0. The van der Waals surface area contributed by atoms with Crippen molar-refractivity contribution in [3.8, 4) is 5.75 Å². The molecule has 1 fully saturated rings. The smallest absolute Gasteiger partial charge is 0.189 e. The van der Waals surface area contributed by atoms with E-state index in [0.717, 1.165) is 12.1 Å². The molecule has 4 rings (SSSR count). The highest BCUT2D eigenvalue weighted by molar-refractivity contribution is 7.92. The Labute approximate surface area is 167 Å². The van der Waals surface area contributed by atoms with Crippen LogP contribution in [-0.4, -0.2) is 27.7 Å². The minimum absolute atomic E-state index is 0.00941. The van der Waals surface area contributed by atoms with E-state index in [9.17, 15) is 12.8 Å². The van der Waals surface area contributed by atoms with E-state index in [0.29, 0.717) is 11.4 Å². The molecule has 2 aliphatic rings. The van der Waals surface area contributed by atoms with Gasteiger partial charge >= 0.3 is 0 Å². The molecule has 0 aromatic heterocycles. The van der Waals surface area contributed by atoms with Crippen LogP contribution in [0.25, 0.3) is 0 Å². The van der Waals surface area contributed by atoms with Crippen molar-refractivity contribution < 1.29 is 26.7 Å². The Kier molecular flexibility index (Phi) is 4.88. The highest BCUT2D eigenvalue weighted by Gasteiger charge is 2.61. The minimum atomic E-state index is -4.12. The maximum absolute atomic E-state index is 15.0. The first-order valence-corrected chi connectivity index (χ1v) is 10.9. The lowest BCUT2D eigenvalue weighted by Crippen LogP contribution is -2.57. The highest BCUT2D eigenvalue weighted by atomic mass is 35.5. The lowest BCUT2D eigenvalue weighted by Gasteiger charge is -2.50. The van der Waals surface area contributed by atoms with Crippen molar-refractivity contribution in [2.75, 3.05) is 13.2 Å². The van der Waals surface area contributed by atoms with E-state index in [4.69, 9.17) is 21.1 Å². The summed E-state index contributed by atoms with van der Waals surface area (Å²) >= 11 is 5.91. The number of sulfone groups is 1. The molecule has 0 spiro atoms. The summed E-state index contributed by atoms with van der Waals surface area (Å²) in [5.41, 5.74) is -0.236. The van der Waals surface area contributed by atoms with Crippen molar-refractivity contribution in [1.29, 1.82) is 0 Å². The zero-order valence-electron chi connectivity index (χ0n) is 15.1. The topological polar surface area (TPSA) is 52.6 Å². The largest absolute Gasteiger partial charge is 0.490 e. The Morgan fingerprint density at radius 2 is 1.82 bits per heavy atom. The Hall–Kier alpha value is -1.70. The molecule has 2 aromatic rings. The van der Waals surface area contributed by atoms with E-state index in [-0.39, 0.29) is 35.8 Å². The zero-order valence-corrected chi connectivity index (χ0v) is 16.7. The number of halogens is 3. The fourth-order valence-corrected chi connectivity index (χ4v) is 6.92. The molecular formula is C20H19ClF2O4S. The average Bonchev–Trinajstić information content (AvgIpc) is 2.69. The highest BCUT2D eigenvalue weighted by Crippen LogP contribution is 2.55. The van der Waals surface area contributed by atoms with Crippen molar-refractivity contribution in [1.82, 2.24) is 0 Å². The first kappa shape index (κ1) is 19.6. The zero-order chi connectivity index (χ0) is 20.1. The van der Waals surface area contributed by atoms with Gasteiger partial charge in [0.15, 0.2) is 21.4 Å². The van der Waals surface area contributed by atoms with E-state index >= 15 is 4.39 Å². The molecule has 0 saturated carbocycles. The second kappa shape index (κ2) is 6.97. The van der Waals surface area contributed by atoms with Crippen LogP contribution in [0.2, 0.25) is 5.02 Å². The van der Waals surface area contributed by atoms with Crippen LogP contribution in [0.3, 0.4) is 0 Å². The summed E-state index contributed by atoms with van der Waals surface area (Å²) in [6, 6.07) is 7.64. The molecule has 0 amide bonds. The molecule has 0 N–H and O–H groups in total. The third-order valence-electron chi connectivity index (χ3n) is 5.75. The van der Waals surface area contributed by atoms with Crippen LogP contribution < -0.4 is 4.74 Å². The van der Waals surface area contributed by atoms with Gasteiger partial charge in [0, 0.05) is 17.5 Å².